The Morgan fingerprint density at radius 3 is 2.74 bits per heavy atom. The van der Waals surface area contributed by atoms with Crippen molar-refractivity contribution < 1.29 is 14.3 Å². The number of nitrogens with zero attached hydrogens (tertiary/aromatic N) is 1. The number of ether oxygens (including phenoxy) is 1. The summed E-state index contributed by atoms with van der Waals surface area (Å²) in [4.78, 5) is 27.3. The van der Waals surface area contributed by atoms with Gasteiger partial charge in [0.05, 0.1) is 12.7 Å². The van der Waals surface area contributed by atoms with Crippen LogP contribution in [0.25, 0.3) is 0 Å². The number of anilines is 1. The van der Waals surface area contributed by atoms with Crippen molar-refractivity contribution in [3.63, 3.8) is 0 Å². The van der Waals surface area contributed by atoms with Gasteiger partial charge in [0.15, 0.2) is 0 Å². The van der Waals surface area contributed by atoms with Crippen LogP contribution < -0.4 is 11.1 Å². The normalized spacial score (nSPS) is 13.4. The van der Waals surface area contributed by atoms with Crippen LogP contribution in [0, 0.1) is 0 Å². The molecule has 0 aliphatic rings. The maximum absolute atomic E-state index is 11.9. The SMILES string of the molecule is CCCC(C)(Nc1ncccc1C(N)=O)C(=O)OC. The summed E-state index contributed by atoms with van der Waals surface area (Å²) in [7, 11) is 1.32. The maximum Gasteiger partial charge on any atom is 0.331 e. The van der Waals surface area contributed by atoms with Gasteiger partial charge in [-0.05, 0) is 25.5 Å². The monoisotopic (exact) mass is 265 g/mol. The lowest BCUT2D eigenvalue weighted by molar-refractivity contribution is -0.145. The lowest BCUT2D eigenvalue weighted by Crippen LogP contribution is -2.45. The average Bonchev–Trinajstić information content (AvgIpc) is 2.38. The summed E-state index contributed by atoms with van der Waals surface area (Å²) in [6.07, 6.45) is 2.85. The zero-order valence-corrected chi connectivity index (χ0v) is 11.4. The average molecular weight is 265 g/mol. The molecule has 1 aromatic rings. The van der Waals surface area contributed by atoms with Crippen LogP contribution in [0.2, 0.25) is 0 Å². The van der Waals surface area contributed by atoms with Gasteiger partial charge in [-0.1, -0.05) is 13.3 Å². The number of aromatic nitrogens is 1. The van der Waals surface area contributed by atoms with Gasteiger partial charge >= 0.3 is 5.97 Å². The fourth-order valence-electron chi connectivity index (χ4n) is 1.91. The first-order chi connectivity index (χ1) is 8.94. The molecule has 6 nitrogen and oxygen atoms in total. The van der Waals surface area contributed by atoms with Crippen LogP contribution in [0.1, 0.15) is 37.0 Å². The summed E-state index contributed by atoms with van der Waals surface area (Å²) in [6.45, 7) is 3.66. The molecule has 0 saturated heterocycles. The number of primary amides is 1. The summed E-state index contributed by atoms with van der Waals surface area (Å²) >= 11 is 0. The minimum absolute atomic E-state index is 0.244. The van der Waals surface area contributed by atoms with Crippen LogP contribution in [0.4, 0.5) is 5.82 Å². The Balaban J connectivity index is 3.10. The van der Waals surface area contributed by atoms with Gasteiger partial charge in [0.2, 0.25) is 0 Å². The van der Waals surface area contributed by atoms with Gasteiger partial charge in [0.1, 0.15) is 11.4 Å². The van der Waals surface area contributed by atoms with Gasteiger partial charge in [-0.3, -0.25) is 4.79 Å². The third-order valence-corrected chi connectivity index (χ3v) is 2.85. The Hall–Kier alpha value is -2.11. The summed E-state index contributed by atoms with van der Waals surface area (Å²) in [5, 5.41) is 2.97. The van der Waals surface area contributed by atoms with Gasteiger partial charge in [-0.15, -0.1) is 0 Å². The maximum atomic E-state index is 11.9. The molecule has 0 aliphatic carbocycles. The number of hydrogen-bond donors (Lipinski definition) is 2. The second-order valence-corrected chi connectivity index (χ2v) is 4.46. The number of nitrogens with two attached hydrogens (primary N) is 1. The number of hydrogen-bond acceptors (Lipinski definition) is 5. The molecule has 1 unspecified atom stereocenters. The summed E-state index contributed by atoms with van der Waals surface area (Å²) < 4.78 is 4.80. The zero-order chi connectivity index (χ0) is 14.5. The van der Waals surface area contributed by atoms with E-state index < -0.39 is 17.4 Å². The number of rotatable bonds is 6. The van der Waals surface area contributed by atoms with Crippen molar-refractivity contribution in [2.24, 2.45) is 5.73 Å². The molecule has 0 aliphatic heterocycles. The highest BCUT2D eigenvalue weighted by Gasteiger charge is 2.34. The van der Waals surface area contributed by atoms with Crippen LogP contribution in [0.3, 0.4) is 0 Å². The first-order valence-corrected chi connectivity index (χ1v) is 6.06. The molecule has 1 rings (SSSR count). The van der Waals surface area contributed by atoms with Crippen molar-refractivity contribution >= 4 is 17.7 Å². The Bertz CT molecular complexity index is 476. The number of methoxy groups -OCH3 is 1. The zero-order valence-electron chi connectivity index (χ0n) is 11.4. The molecular weight excluding hydrogens is 246 g/mol. The van der Waals surface area contributed by atoms with Crippen LogP contribution in [-0.4, -0.2) is 29.5 Å². The molecule has 0 spiro atoms. The van der Waals surface area contributed by atoms with Crippen molar-refractivity contribution in [3.8, 4) is 0 Å². The molecular formula is C13H19N3O3. The predicted octanol–water partition coefficient (Wildman–Crippen LogP) is 1.32. The van der Waals surface area contributed by atoms with Crippen molar-refractivity contribution in [2.75, 3.05) is 12.4 Å². The number of pyridine rings is 1. The van der Waals surface area contributed by atoms with E-state index in [0.717, 1.165) is 6.42 Å². The third-order valence-electron chi connectivity index (χ3n) is 2.85. The fourth-order valence-corrected chi connectivity index (χ4v) is 1.91. The highest BCUT2D eigenvalue weighted by molar-refractivity contribution is 5.98. The van der Waals surface area contributed by atoms with Gasteiger partial charge in [-0.2, -0.15) is 0 Å². The Kier molecular flexibility index (Phi) is 4.86. The van der Waals surface area contributed by atoms with Crippen LogP contribution >= 0.6 is 0 Å². The molecule has 6 heteroatoms. The molecule has 0 radical (unpaired) electrons. The van der Waals surface area contributed by atoms with Gasteiger partial charge in [0.25, 0.3) is 5.91 Å². The molecule has 3 N–H and O–H groups in total. The second kappa shape index (κ2) is 6.17. The molecule has 1 atom stereocenters. The van der Waals surface area contributed by atoms with Gasteiger partial charge in [-0.25, -0.2) is 9.78 Å². The van der Waals surface area contributed by atoms with Crippen LogP contribution in [0.5, 0.6) is 0 Å². The van der Waals surface area contributed by atoms with E-state index >= 15 is 0 Å². The molecule has 0 aromatic carbocycles. The predicted molar refractivity (Wildman–Crippen MR) is 71.7 cm³/mol. The van der Waals surface area contributed by atoms with Crippen molar-refractivity contribution in [3.05, 3.63) is 23.9 Å². The molecule has 0 bridgehead atoms. The first kappa shape index (κ1) is 14.9. The second-order valence-electron chi connectivity index (χ2n) is 4.46. The van der Waals surface area contributed by atoms with E-state index in [0.29, 0.717) is 6.42 Å². The van der Waals surface area contributed by atoms with Gasteiger partial charge < -0.3 is 15.8 Å². The fraction of sp³-hybridized carbons (Fsp3) is 0.462. The Labute approximate surface area is 112 Å². The Morgan fingerprint density at radius 1 is 1.53 bits per heavy atom. The van der Waals surface area contributed by atoms with E-state index in [1.54, 1.807) is 19.1 Å². The number of esters is 1. The van der Waals surface area contributed by atoms with Crippen molar-refractivity contribution in [1.82, 2.24) is 4.98 Å². The highest BCUT2D eigenvalue weighted by atomic mass is 16.5. The third kappa shape index (κ3) is 3.43. The van der Waals surface area contributed by atoms with E-state index in [-0.39, 0.29) is 11.4 Å². The molecule has 0 fully saturated rings. The number of carbonyl (C=O) groups excluding carboxylic acids is 2. The minimum atomic E-state index is -0.942. The molecule has 104 valence electrons. The van der Waals surface area contributed by atoms with Crippen LogP contribution in [0.15, 0.2) is 18.3 Å². The summed E-state index contributed by atoms with van der Waals surface area (Å²) in [5.74, 6) is -0.717. The largest absolute Gasteiger partial charge is 0.467 e. The quantitative estimate of drug-likeness (QED) is 0.756. The van der Waals surface area contributed by atoms with Crippen LogP contribution in [-0.2, 0) is 9.53 Å². The highest BCUT2D eigenvalue weighted by Crippen LogP contribution is 2.22. The summed E-state index contributed by atoms with van der Waals surface area (Å²) in [6, 6.07) is 3.17. The summed E-state index contributed by atoms with van der Waals surface area (Å²) in [5.41, 5.74) is 4.58. The van der Waals surface area contributed by atoms with Crippen molar-refractivity contribution in [1.29, 1.82) is 0 Å². The molecule has 1 amide bonds. The molecule has 19 heavy (non-hydrogen) atoms. The smallest absolute Gasteiger partial charge is 0.331 e. The van der Waals surface area contributed by atoms with E-state index in [4.69, 9.17) is 10.5 Å². The van der Waals surface area contributed by atoms with E-state index in [1.807, 2.05) is 6.92 Å². The number of carbonyl (C=O) groups is 2. The van der Waals surface area contributed by atoms with Crippen molar-refractivity contribution in [2.45, 2.75) is 32.2 Å². The number of amides is 1. The molecule has 1 heterocycles. The molecule has 1 aromatic heterocycles. The standard InChI is InChI=1S/C13H19N3O3/c1-4-7-13(2,12(18)19-3)16-11-9(10(14)17)6-5-8-15-11/h5-6,8H,4,7H2,1-3H3,(H2,14,17)(H,15,16). The Morgan fingerprint density at radius 2 is 2.21 bits per heavy atom. The first-order valence-electron chi connectivity index (χ1n) is 6.06. The topological polar surface area (TPSA) is 94.3 Å². The van der Waals surface area contributed by atoms with E-state index in [9.17, 15) is 9.59 Å². The molecule has 0 saturated carbocycles. The lowest BCUT2D eigenvalue weighted by Gasteiger charge is -2.28. The minimum Gasteiger partial charge on any atom is -0.467 e. The van der Waals surface area contributed by atoms with E-state index in [2.05, 4.69) is 10.3 Å². The lowest BCUT2D eigenvalue weighted by atomic mass is 9.96. The van der Waals surface area contributed by atoms with E-state index in [1.165, 1.54) is 13.3 Å². The van der Waals surface area contributed by atoms with Gasteiger partial charge in [0, 0.05) is 6.20 Å². The number of nitrogens with one attached hydrogen (secondary N) is 1.